The molecular weight excluding hydrogens is 192 g/mol. The van der Waals surface area contributed by atoms with E-state index in [-0.39, 0.29) is 12.6 Å². The van der Waals surface area contributed by atoms with Gasteiger partial charge >= 0.3 is 5.97 Å². The molecule has 0 aliphatic heterocycles. The van der Waals surface area contributed by atoms with Crippen molar-refractivity contribution >= 4 is 5.97 Å². The van der Waals surface area contributed by atoms with Crippen LogP contribution in [0, 0.1) is 0 Å². The van der Waals surface area contributed by atoms with Gasteiger partial charge in [-0.3, -0.25) is 4.79 Å². The first-order valence-corrected chi connectivity index (χ1v) is 5.02. The number of carbonyl (C=O) groups is 1. The van der Waals surface area contributed by atoms with Gasteiger partial charge < -0.3 is 9.84 Å². The zero-order valence-corrected chi connectivity index (χ0v) is 8.90. The van der Waals surface area contributed by atoms with E-state index in [2.05, 4.69) is 4.74 Å². The summed E-state index contributed by atoms with van der Waals surface area (Å²) in [5, 5.41) is 8.88. The van der Waals surface area contributed by atoms with Gasteiger partial charge in [-0.2, -0.15) is 0 Å². The zero-order chi connectivity index (χ0) is 11.1. The van der Waals surface area contributed by atoms with E-state index in [1.54, 1.807) is 0 Å². The average Bonchev–Trinajstić information content (AvgIpc) is 2.28. The Morgan fingerprint density at radius 1 is 1.27 bits per heavy atom. The third-order valence-corrected chi connectivity index (χ3v) is 2.33. The fourth-order valence-electron chi connectivity index (χ4n) is 1.50. The number of methoxy groups -OCH3 is 1. The Hall–Kier alpha value is -1.35. The number of rotatable bonds is 5. The molecule has 0 aliphatic rings. The van der Waals surface area contributed by atoms with E-state index in [9.17, 15) is 4.79 Å². The Labute approximate surface area is 89.7 Å². The van der Waals surface area contributed by atoms with Gasteiger partial charge in [0.1, 0.15) is 0 Å². The number of aliphatic hydroxyl groups excluding tert-OH is 1. The van der Waals surface area contributed by atoms with E-state index in [1.807, 2.05) is 24.3 Å². The maximum atomic E-state index is 11.0. The van der Waals surface area contributed by atoms with Gasteiger partial charge in [0.15, 0.2) is 0 Å². The van der Waals surface area contributed by atoms with Crippen LogP contribution in [-0.2, 0) is 22.4 Å². The summed E-state index contributed by atoms with van der Waals surface area (Å²) in [6.07, 6.45) is 1.69. The number of carbonyl (C=O) groups excluding carboxylic acids is 1. The van der Waals surface area contributed by atoms with Gasteiger partial charge in [-0.15, -0.1) is 0 Å². The Balaban J connectivity index is 2.62. The van der Waals surface area contributed by atoms with E-state index in [4.69, 9.17) is 5.11 Å². The standard InChI is InChI=1S/C12H16O3/c1-15-12(14)7-6-10-4-2-3-5-11(10)8-9-13/h2-5,13H,6-9H2,1H3. The van der Waals surface area contributed by atoms with Crippen molar-refractivity contribution in [2.24, 2.45) is 0 Å². The topological polar surface area (TPSA) is 46.5 Å². The molecule has 0 bridgehead atoms. The van der Waals surface area contributed by atoms with Gasteiger partial charge in [0, 0.05) is 13.0 Å². The third kappa shape index (κ3) is 3.72. The lowest BCUT2D eigenvalue weighted by Crippen LogP contribution is -2.04. The molecule has 82 valence electrons. The molecule has 0 heterocycles. The summed E-state index contributed by atoms with van der Waals surface area (Å²) in [5.74, 6) is -0.200. The highest BCUT2D eigenvalue weighted by molar-refractivity contribution is 5.69. The van der Waals surface area contributed by atoms with Crippen LogP contribution in [0.3, 0.4) is 0 Å². The molecule has 15 heavy (non-hydrogen) atoms. The number of hydrogen-bond acceptors (Lipinski definition) is 3. The molecular formula is C12H16O3. The maximum absolute atomic E-state index is 11.0. The molecule has 0 saturated heterocycles. The summed E-state index contributed by atoms with van der Waals surface area (Å²) in [6, 6.07) is 7.83. The van der Waals surface area contributed by atoms with E-state index < -0.39 is 0 Å². The Kier molecular flexibility index (Phi) is 4.84. The van der Waals surface area contributed by atoms with E-state index in [1.165, 1.54) is 7.11 Å². The van der Waals surface area contributed by atoms with Crippen molar-refractivity contribution in [3.8, 4) is 0 Å². The highest BCUT2D eigenvalue weighted by Crippen LogP contribution is 2.11. The molecule has 1 aromatic rings. The fourth-order valence-corrected chi connectivity index (χ4v) is 1.50. The molecule has 0 unspecified atom stereocenters. The minimum absolute atomic E-state index is 0.134. The van der Waals surface area contributed by atoms with Crippen molar-refractivity contribution in [2.75, 3.05) is 13.7 Å². The Morgan fingerprint density at radius 3 is 2.40 bits per heavy atom. The lowest BCUT2D eigenvalue weighted by molar-refractivity contribution is -0.140. The highest BCUT2D eigenvalue weighted by Gasteiger charge is 2.04. The van der Waals surface area contributed by atoms with Crippen LogP contribution in [0.25, 0.3) is 0 Å². The monoisotopic (exact) mass is 208 g/mol. The third-order valence-electron chi connectivity index (χ3n) is 2.33. The van der Waals surface area contributed by atoms with Gasteiger partial charge in [-0.25, -0.2) is 0 Å². The molecule has 1 rings (SSSR count). The summed E-state index contributed by atoms with van der Waals surface area (Å²) in [7, 11) is 1.39. The summed E-state index contributed by atoms with van der Waals surface area (Å²) >= 11 is 0. The van der Waals surface area contributed by atoms with E-state index in [0.29, 0.717) is 19.3 Å². The van der Waals surface area contributed by atoms with E-state index >= 15 is 0 Å². The summed E-state index contributed by atoms with van der Waals surface area (Å²) in [6.45, 7) is 0.134. The number of hydrogen-bond donors (Lipinski definition) is 1. The molecule has 1 aromatic carbocycles. The summed E-state index contributed by atoms with van der Waals surface area (Å²) < 4.78 is 4.58. The van der Waals surface area contributed by atoms with Gasteiger partial charge in [-0.1, -0.05) is 24.3 Å². The normalized spacial score (nSPS) is 10.0. The average molecular weight is 208 g/mol. The smallest absolute Gasteiger partial charge is 0.305 e. The maximum Gasteiger partial charge on any atom is 0.305 e. The minimum Gasteiger partial charge on any atom is -0.469 e. The van der Waals surface area contributed by atoms with Crippen LogP contribution >= 0.6 is 0 Å². The largest absolute Gasteiger partial charge is 0.469 e. The quantitative estimate of drug-likeness (QED) is 0.742. The molecule has 0 atom stereocenters. The number of aryl methyl sites for hydroxylation is 1. The van der Waals surface area contributed by atoms with Crippen molar-refractivity contribution in [3.63, 3.8) is 0 Å². The van der Waals surface area contributed by atoms with Crippen LogP contribution in [0.15, 0.2) is 24.3 Å². The van der Waals surface area contributed by atoms with Crippen LogP contribution in [0.1, 0.15) is 17.5 Å². The first-order valence-electron chi connectivity index (χ1n) is 5.02. The van der Waals surface area contributed by atoms with Crippen molar-refractivity contribution in [1.29, 1.82) is 0 Å². The van der Waals surface area contributed by atoms with Gasteiger partial charge in [-0.05, 0) is 24.0 Å². The van der Waals surface area contributed by atoms with Crippen LogP contribution in [0.4, 0.5) is 0 Å². The van der Waals surface area contributed by atoms with Crippen LogP contribution in [0.2, 0.25) is 0 Å². The second kappa shape index (κ2) is 6.19. The zero-order valence-electron chi connectivity index (χ0n) is 8.90. The molecule has 3 heteroatoms. The molecule has 0 aliphatic carbocycles. The fraction of sp³-hybridized carbons (Fsp3) is 0.417. The lowest BCUT2D eigenvalue weighted by Gasteiger charge is -2.07. The second-order valence-corrected chi connectivity index (χ2v) is 3.32. The Bertz CT molecular complexity index is 320. The van der Waals surface area contributed by atoms with Crippen molar-refractivity contribution < 1.29 is 14.6 Å². The molecule has 0 amide bonds. The number of ether oxygens (including phenoxy) is 1. The predicted octanol–water partition coefficient (Wildman–Crippen LogP) is 1.33. The van der Waals surface area contributed by atoms with Crippen LogP contribution in [0.5, 0.6) is 0 Å². The van der Waals surface area contributed by atoms with Crippen LogP contribution in [-0.4, -0.2) is 24.8 Å². The summed E-state index contributed by atoms with van der Waals surface area (Å²) in [4.78, 5) is 11.0. The van der Waals surface area contributed by atoms with Crippen LogP contribution < -0.4 is 0 Å². The summed E-state index contributed by atoms with van der Waals surface area (Å²) in [5.41, 5.74) is 2.21. The molecule has 0 fully saturated rings. The van der Waals surface area contributed by atoms with E-state index in [0.717, 1.165) is 11.1 Å². The number of benzene rings is 1. The number of aliphatic hydroxyl groups is 1. The van der Waals surface area contributed by atoms with Crippen molar-refractivity contribution in [3.05, 3.63) is 35.4 Å². The minimum atomic E-state index is -0.200. The molecule has 0 radical (unpaired) electrons. The first-order chi connectivity index (χ1) is 7.27. The van der Waals surface area contributed by atoms with Gasteiger partial charge in [0.25, 0.3) is 0 Å². The lowest BCUT2D eigenvalue weighted by atomic mass is 10.0. The molecule has 3 nitrogen and oxygen atoms in total. The van der Waals surface area contributed by atoms with Gasteiger partial charge in [0.2, 0.25) is 0 Å². The predicted molar refractivity (Wildman–Crippen MR) is 57.6 cm³/mol. The van der Waals surface area contributed by atoms with Gasteiger partial charge in [0.05, 0.1) is 7.11 Å². The van der Waals surface area contributed by atoms with Crippen molar-refractivity contribution in [1.82, 2.24) is 0 Å². The SMILES string of the molecule is COC(=O)CCc1ccccc1CCO. The molecule has 1 N–H and O–H groups in total. The van der Waals surface area contributed by atoms with Crippen molar-refractivity contribution in [2.45, 2.75) is 19.3 Å². The molecule has 0 aromatic heterocycles. The first kappa shape index (κ1) is 11.7. The molecule has 0 spiro atoms. The second-order valence-electron chi connectivity index (χ2n) is 3.32. The number of esters is 1. The highest BCUT2D eigenvalue weighted by atomic mass is 16.5. The Morgan fingerprint density at radius 2 is 1.87 bits per heavy atom. The molecule has 0 saturated carbocycles.